The van der Waals surface area contributed by atoms with Crippen molar-refractivity contribution in [3.8, 4) is 0 Å². The van der Waals surface area contributed by atoms with Crippen LogP contribution < -0.4 is 5.73 Å². The number of nitrogens with two attached hydrogens (primary N) is 1. The predicted molar refractivity (Wildman–Crippen MR) is 72.4 cm³/mol. The minimum Gasteiger partial charge on any atom is -0.342 e. The minimum atomic E-state index is -0.177. The van der Waals surface area contributed by atoms with E-state index >= 15 is 0 Å². The number of hydrogen-bond donors (Lipinski definition) is 1. The summed E-state index contributed by atoms with van der Waals surface area (Å²) in [5.41, 5.74) is 6.66. The minimum absolute atomic E-state index is 0.160. The van der Waals surface area contributed by atoms with Crippen LogP contribution in [0.5, 0.6) is 0 Å². The van der Waals surface area contributed by atoms with E-state index in [-0.39, 0.29) is 10.9 Å². The fourth-order valence-electron chi connectivity index (χ4n) is 3.72. The Morgan fingerprint density at radius 3 is 2.71 bits per heavy atom. The van der Waals surface area contributed by atoms with Gasteiger partial charge in [0.05, 0.1) is 0 Å². The van der Waals surface area contributed by atoms with E-state index in [1.54, 1.807) is 0 Å². The molecule has 0 aromatic carbocycles. The number of carbonyl (C=O) groups is 1. The summed E-state index contributed by atoms with van der Waals surface area (Å²) in [5, 5.41) is 0. The van der Waals surface area contributed by atoms with Crippen LogP contribution >= 0.6 is 0 Å². The number of hydrogen-bond acceptors (Lipinski definition) is 2. The van der Waals surface area contributed by atoms with Gasteiger partial charge < -0.3 is 10.6 Å². The normalized spacial score (nSPS) is 41.9. The van der Waals surface area contributed by atoms with Gasteiger partial charge in [-0.25, -0.2) is 0 Å². The zero-order valence-corrected chi connectivity index (χ0v) is 11.6. The lowest BCUT2D eigenvalue weighted by molar-refractivity contribution is -0.138. The molecular weight excluding hydrogens is 211 g/mol. The highest BCUT2D eigenvalue weighted by molar-refractivity contribution is 6.16. The summed E-state index contributed by atoms with van der Waals surface area (Å²) in [7, 11) is 4.15. The van der Waals surface area contributed by atoms with E-state index in [0.29, 0.717) is 24.3 Å². The third-order valence-electron chi connectivity index (χ3n) is 5.55. The van der Waals surface area contributed by atoms with Crippen molar-refractivity contribution >= 4 is 13.8 Å². The van der Waals surface area contributed by atoms with Gasteiger partial charge in [0.2, 0.25) is 5.91 Å². The number of amides is 1. The molecule has 1 aliphatic carbocycles. The second-order valence-electron chi connectivity index (χ2n) is 6.78. The lowest BCUT2D eigenvalue weighted by Gasteiger charge is -2.51. The highest BCUT2D eigenvalue weighted by Crippen LogP contribution is 2.46. The van der Waals surface area contributed by atoms with Crippen LogP contribution in [0.4, 0.5) is 0 Å². The predicted octanol–water partition coefficient (Wildman–Crippen LogP) is 0.722. The van der Waals surface area contributed by atoms with Crippen molar-refractivity contribution in [3.63, 3.8) is 0 Å². The first-order chi connectivity index (χ1) is 7.77. The molecule has 3 unspecified atom stereocenters. The summed E-state index contributed by atoms with van der Waals surface area (Å²) in [6.45, 7) is 4.57. The van der Waals surface area contributed by atoms with Crippen LogP contribution in [0, 0.1) is 11.3 Å². The Morgan fingerprint density at radius 1 is 1.41 bits per heavy atom. The van der Waals surface area contributed by atoms with E-state index in [4.69, 9.17) is 5.73 Å². The van der Waals surface area contributed by atoms with Crippen molar-refractivity contribution < 1.29 is 4.79 Å². The lowest BCUT2D eigenvalue weighted by Crippen LogP contribution is -2.64. The molecule has 3 atom stereocenters. The molecule has 2 rings (SSSR count). The Labute approximate surface area is 106 Å². The van der Waals surface area contributed by atoms with Gasteiger partial charge in [-0.1, -0.05) is 20.3 Å². The molecule has 0 spiro atoms. The monoisotopic (exact) mass is 236 g/mol. The SMILES string of the molecule is BC1(N)C2CCC(=O)N(C)C2CCCC1(C)C. The summed E-state index contributed by atoms with van der Waals surface area (Å²) in [6, 6.07) is 0.355. The van der Waals surface area contributed by atoms with Gasteiger partial charge in [-0.3, -0.25) is 4.79 Å². The van der Waals surface area contributed by atoms with Crippen molar-refractivity contribution in [2.24, 2.45) is 17.1 Å². The van der Waals surface area contributed by atoms with E-state index in [1.165, 1.54) is 6.42 Å². The second-order valence-corrected chi connectivity index (χ2v) is 6.78. The zero-order chi connectivity index (χ0) is 12.8. The maximum atomic E-state index is 11.8. The summed E-state index contributed by atoms with van der Waals surface area (Å²) in [6.07, 6.45) is 5.08. The van der Waals surface area contributed by atoms with Crippen LogP contribution in [0.2, 0.25) is 0 Å². The Kier molecular flexibility index (Phi) is 3.05. The van der Waals surface area contributed by atoms with Crippen molar-refractivity contribution in [1.82, 2.24) is 4.90 Å². The molecule has 3 nitrogen and oxygen atoms in total. The number of likely N-dealkylation sites (tertiary alicyclic amines) is 1. The van der Waals surface area contributed by atoms with Crippen molar-refractivity contribution in [3.05, 3.63) is 0 Å². The molecular formula is C13H25BN2O. The smallest absolute Gasteiger partial charge is 0.222 e. The fourth-order valence-corrected chi connectivity index (χ4v) is 3.72. The Bertz CT molecular complexity index is 327. The summed E-state index contributed by atoms with van der Waals surface area (Å²) >= 11 is 0. The Balaban J connectivity index is 2.34. The first kappa shape index (κ1) is 12.9. The van der Waals surface area contributed by atoms with Gasteiger partial charge in [0.25, 0.3) is 0 Å². The van der Waals surface area contributed by atoms with Gasteiger partial charge in [-0.05, 0) is 36.0 Å². The lowest BCUT2D eigenvalue weighted by atomic mass is 9.52. The van der Waals surface area contributed by atoms with Crippen LogP contribution in [-0.2, 0) is 4.79 Å². The van der Waals surface area contributed by atoms with Gasteiger partial charge in [-0.2, -0.15) is 0 Å². The molecule has 2 fully saturated rings. The number of piperidine rings is 1. The summed E-state index contributed by atoms with van der Waals surface area (Å²) < 4.78 is 0. The molecule has 0 aromatic heterocycles. The Morgan fingerprint density at radius 2 is 2.06 bits per heavy atom. The summed E-state index contributed by atoms with van der Waals surface area (Å²) in [4.78, 5) is 13.8. The molecule has 4 heteroatoms. The molecule has 1 saturated carbocycles. The molecule has 0 bridgehead atoms. The molecule has 2 aliphatic rings. The molecule has 17 heavy (non-hydrogen) atoms. The molecule has 1 amide bonds. The van der Waals surface area contributed by atoms with Crippen LogP contribution in [-0.4, -0.2) is 37.2 Å². The van der Waals surface area contributed by atoms with E-state index in [9.17, 15) is 4.79 Å². The van der Waals surface area contributed by atoms with Crippen LogP contribution in [0.25, 0.3) is 0 Å². The van der Waals surface area contributed by atoms with E-state index in [2.05, 4.69) is 21.7 Å². The zero-order valence-electron chi connectivity index (χ0n) is 11.6. The van der Waals surface area contributed by atoms with Crippen LogP contribution in [0.3, 0.4) is 0 Å². The van der Waals surface area contributed by atoms with Crippen molar-refractivity contribution in [2.75, 3.05) is 7.05 Å². The molecule has 0 radical (unpaired) electrons. The van der Waals surface area contributed by atoms with Gasteiger partial charge >= 0.3 is 0 Å². The first-order valence-corrected chi connectivity index (χ1v) is 6.82. The van der Waals surface area contributed by atoms with Crippen molar-refractivity contribution in [2.45, 2.75) is 57.4 Å². The van der Waals surface area contributed by atoms with E-state index < -0.39 is 0 Å². The summed E-state index contributed by atoms with van der Waals surface area (Å²) in [5.74, 6) is 0.740. The topological polar surface area (TPSA) is 46.3 Å². The third-order valence-corrected chi connectivity index (χ3v) is 5.55. The number of fused-ring (bicyclic) bond motifs is 1. The number of nitrogens with zero attached hydrogens (tertiary/aromatic N) is 1. The van der Waals surface area contributed by atoms with Gasteiger partial charge in [0, 0.05) is 19.5 Å². The Hall–Kier alpha value is -0.505. The quantitative estimate of drug-likeness (QED) is 0.630. The molecule has 0 aromatic rings. The molecule has 1 aliphatic heterocycles. The molecule has 2 N–H and O–H groups in total. The van der Waals surface area contributed by atoms with Crippen LogP contribution in [0.15, 0.2) is 0 Å². The van der Waals surface area contributed by atoms with Gasteiger partial charge in [0.15, 0.2) is 0 Å². The standard InChI is InChI=1S/C13H25BN2O/c1-12(2)8-4-5-10-9(13(12,14)15)6-7-11(17)16(10)3/h9-10H,4-8,14-15H2,1-3H3. The second kappa shape index (κ2) is 4.01. The third kappa shape index (κ3) is 1.90. The average molecular weight is 236 g/mol. The van der Waals surface area contributed by atoms with E-state index in [0.717, 1.165) is 19.3 Å². The number of carbonyl (C=O) groups excluding carboxylic acids is 1. The maximum absolute atomic E-state index is 11.8. The van der Waals surface area contributed by atoms with Gasteiger partial charge in [-0.15, -0.1) is 0 Å². The first-order valence-electron chi connectivity index (χ1n) is 6.82. The van der Waals surface area contributed by atoms with Crippen LogP contribution in [0.1, 0.15) is 46.0 Å². The fraction of sp³-hybridized carbons (Fsp3) is 0.923. The largest absolute Gasteiger partial charge is 0.342 e. The average Bonchev–Trinajstić information content (AvgIpc) is 2.31. The maximum Gasteiger partial charge on any atom is 0.222 e. The highest BCUT2D eigenvalue weighted by atomic mass is 16.2. The highest BCUT2D eigenvalue weighted by Gasteiger charge is 2.50. The van der Waals surface area contributed by atoms with E-state index in [1.807, 2.05) is 11.9 Å². The number of rotatable bonds is 0. The molecule has 1 saturated heterocycles. The van der Waals surface area contributed by atoms with Gasteiger partial charge in [0.1, 0.15) is 7.85 Å². The van der Waals surface area contributed by atoms with Crippen molar-refractivity contribution in [1.29, 1.82) is 0 Å². The molecule has 1 heterocycles. The molecule has 96 valence electrons.